The highest BCUT2D eigenvalue weighted by Crippen LogP contribution is 2.36. The molecule has 0 amide bonds. The number of hydrogen-bond acceptors (Lipinski definition) is 2. The van der Waals surface area contributed by atoms with Crippen LogP contribution in [0.3, 0.4) is 0 Å². The predicted molar refractivity (Wildman–Crippen MR) is 67.6 cm³/mol. The van der Waals surface area contributed by atoms with E-state index in [0.717, 1.165) is 5.56 Å². The molecule has 0 aliphatic rings. The molecular formula is C11H14F3N3S. The van der Waals surface area contributed by atoms with Crippen LogP contribution in [0.25, 0.3) is 0 Å². The van der Waals surface area contributed by atoms with Crippen molar-refractivity contribution >= 4 is 17.7 Å². The number of hydrogen-bond donors (Lipinski definition) is 2. The lowest BCUT2D eigenvalue weighted by Gasteiger charge is -2.10. The summed E-state index contributed by atoms with van der Waals surface area (Å²) in [5, 5.41) is 5.80. The van der Waals surface area contributed by atoms with Gasteiger partial charge >= 0.3 is 5.51 Å². The number of benzene rings is 1. The molecule has 0 bridgehead atoms. The van der Waals surface area contributed by atoms with Crippen LogP contribution >= 0.6 is 11.8 Å². The summed E-state index contributed by atoms with van der Waals surface area (Å²) < 4.78 is 36.6. The van der Waals surface area contributed by atoms with Gasteiger partial charge in [0.05, 0.1) is 0 Å². The first-order valence-electron chi connectivity index (χ1n) is 5.17. The van der Waals surface area contributed by atoms with E-state index in [1.807, 2.05) is 0 Å². The van der Waals surface area contributed by atoms with Gasteiger partial charge in [-0.3, -0.25) is 4.99 Å². The first kappa shape index (κ1) is 14.7. The molecule has 0 saturated carbocycles. The number of aliphatic imine (C=N–C) groups is 1. The molecule has 0 aliphatic heterocycles. The molecule has 1 aromatic rings. The number of nitrogens with one attached hydrogen (secondary N) is 2. The summed E-state index contributed by atoms with van der Waals surface area (Å²) in [5.74, 6) is 0.587. The maximum atomic E-state index is 12.2. The van der Waals surface area contributed by atoms with Crippen molar-refractivity contribution in [1.29, 1.82) is 0 Å². The highest BCUT2D eigenvalue weighted by molar-refractivity contribution is 8.00. The van der Waals surface area contributed by atoms with Gasteiger partial charge in [-0.1, -0.05) is 12.1 Å². The molecule has 100 valence electrons. The first-order valence-corrected chi connectivity index (χ1v) is 5.99. The summed E-state index contributed by atoms with van der Waals surface area (Å²) in [6.45, 7) is 0.416. The molecule has 0 aliphatic carbocycles. The number of thioether (sulfide) groups is 1. The van der Waals surface area contributed by atoms with Crippen molar-refractivity contribution in [2.75, 3.05) is 14.1 Å². The van der Waals surface area contributed by atoms with Crippen LogP contribution < -0.4 is 10.6 Å². The van der Waals surface area contributed by atoms with E-state index >= 15 is 0 Å². The van der Waals surface area contributed by atoms with Gasteiger partial charge in [0.15, 0.2) is 5.96 Å². The standard InChI is InChI=1S/C11H14F3N3S/c1-15-10(16-2)17-7-8-4-3-5-9(6-8)18-11(12,13)14/h3-6H,7H2,1-2H3,(H2,15,16,17). The molecule has 0 aromatic heterocycles. The molecule has 0 saturated heterocycles. The lowest BCUT2D eigenvalue weighted by atomic mass is 10.2. The topological polar surface area (TPSA) is 36.4 Å². The second-order valence-electron chi connectivity index (χ2n) is 3.37. The zero-order valence-electron chi connectivity index (χ0n) is 10.0. The van der Waals surface area contributed by atoms with E-state index < -0.39 is 5.51 Å². The molecule has 1 rings (SSSR count). The maximum Gasteiger partial charge on any atom is 0.446 e. The first-order chi connectivity index (χ1) is 8.44. The quantitative estimate of drug-likeness (QED) is 0.506. The molecule has 7 heteroatoms. The van der Waals surface area contributed by atoms with E-state index in [0.29, 0.717) is 12.5 Å². The minimum absolute atomic E-state index is 0.113. The average Bonchev–Trinajstić information content (AvgIpc) is 2.28. The SMILES string of the molecule is C/N=C(/NC)NCc1cccc(SC(F)(F)F)c1. The van der Waals surface area contributed by atoms with Gasteiger partial charge in [0, 0.05) is 25.5 Å². The Labute approximate surface area is 108 Å². The molecule has 0 fully saturated rings. The molecule has 1 aromatic carbocycles. The second kappa shape index (κ2) is 6.53. The van der Waals surface area contributed by atoms with Crippen LogP contribution in [0.4, 0.5) is 13.2 Å². The van der Waals surface area contributed by atoms with Crippen molar-refractivity contribution in [2.45, 2.75) is 16.9 Å². The molecule has 2 N–H and O–H groups in total. The Morgan fingerprint density at radius 1 is 1.39 bits per heavy atom. The predicted octanol–water partition coefficient (Wildman–Crippen LogP) is 2.59. The fourth-order valence-electron chi connectivity index (χ4n) is 1.32. The number of halogens is 3. The van der Waals surface area contributed by atoms with Gasteiger partial charge in [-0.25, -0.2) is 0 Å². The van der Waals surface area contributed by atoms with Crippen molar-refractivity contribution in [3.8, 4) is 0 Å². The third kappa shape index (κ3) is 5.31. The van der Waals surface area contributed by atoms with Crippen LogP contribution in [-0.4, -0.2) is 25.6 Å². The van der Waals surface area contributed by atoms with Gasteiger partial charge in [-0.2, -0.15) is 13.2 Å². The summed E-state index contributed by atoms with van der Waals surface area (Å²) in [6, 6.07) is 6.31. The number of nitrogens with zero attached hydrogens (tertiary/aromatic N) is 1. The number of guanidine groups is 1. The largest absolute Gasteiger partial charge is 0.446 e. The van der Waals surface area contributed by atoms with Crippen molar-refractivity contribution < 1.29 is 13.2 Å². The average molecular weight is 277 g/mol. The lowest BCUT2D eigenvalue weighted by molar-refractivity contribution is -0.0328. The molecular weight excluding hydrogens is 263 g/mol. The molecule has 0 atom stereocenters. The molecule has 0 spiro atoms. The van der Waals surface area contributed by atoms with Crippen LogP contribution in [0.15, 0.2) is 34.2 Å². The number of rotatable bonds is 3. The lowest BCUT2D eigenvalue weighted by Crippen LogP contribution is -2.34. The summed E-state index contributed by atoms with van der Waals surface area (Å²) in [7, 11) is 3.33. The highest BCUT2D eigenvalue weighted by Gasteiger charge is 2.29. The monoisotopic (exact) mass is 277 g/mol. The van der Waals surface area contributed by atoms with Crippen molar-refractivity contribution in [1.82, 2.24) is 10.6 Å². The van der Waals surface area contributed by atoms with Gasteiger partial charge in [0.25, 0.3) is 0 Å². The van der Waals surface area contributed by atoms with Crippen molar-refractivity contribution in [3.05, 3.63) is 29.8 Å². The summed E-state index contributed by atoms with van der Waals surface area (Å²) >= 11 is -0.113. The van der Waals surface area contributed by atoms with Crippen LogP contribution in [-0.2, 0) is 6.54 Å². The summed E-state index contributed by atoms with van der Waals surface area (Å²) in [5.41, 5.74) is -3.49. The maximum absolute atomic E-state index is 12.2. The van der Waals surface area contributed by atoms with E-state index in [4.69, 9.17) is 0 Å². The van der Waals surface area contributed by atoms with Crippen molar-refractivity contribution in [2.24, 2.45) is 4.99 Å². The molecule has 0 unspecified atom stereocenters. The minimum Gasteiger partial charge on any atom is -0.359 e. The zero-order valence-corrected chi connectivity index (χ0v) is 10.8. The highest BCUT2D eigenvalue weighted by atomic mass is 32.2. The fourth-order valence-corrected chi connectivity index (χ4v) is 1.94. The molecule has 0 radical (unpaired) electrons. The fraction of sp³-hybridized carbons (Fsp3) is 0.364. The molecule has 3 nitrogen and oxygen atoms in total. The van der Waals surface area contributed by atoms with E-state index in [1.165, 1.54) is 12.1 Å². The Balaban J connectivity index is 2.65. The molecule has 0 heterocycles. The third-order valence-corrected chi connectivity index (χ3v) is 2.77. The van der Waals surface area contributed by atoms with Crippen LogP contribution in [0.2, 0.25) is 0 Å². The zero-order chi connectivity index (χ0) is 13.6. The molecule has 18 heavy (non-hydrogen) atoms. The Morgan fingerprint density at radius 3 is 2.67 bits per heavy atom. The van der Waals surface area contributed by atoms with E-state index in [-0.39, 0.29) is 16.7 Å². The minimum atomic E-state index is -4.26. The van der Waals surface area contributed by atoms with E-state index in [1.54, 1.807) is 26.2 Å². The Bertz CT molecular complexity index is 418. The van der Waals surface area contributed by atoms with Crippen molar-refractivity contribution in [3.63, 3.8) is 0 Å². The second-order valence-corrected chi connectivity index (χ2v) is 4.51. The van der Waals surface area contributed by atoms with E-state index in [9.17, 15) is 13.2 Å². The van der Waals surface area contributed by atoms with E-state index in [2.05, 4.69) is 15.6 Å². The Kier molecular flexibility index (Phi) is 5.33. The van der Waals surface area contributed by atoms with Gasteiger partial charge < -0.3 is 10.6 Å². The summed E-state index contributed by atoms with van der Waals surface area (Å²) in [4.78, 5) is 4.09. The Hall–Kier alpha value is -1.37. The van der Waals surface area contributed by atoms with Crippen LogP contribution in [0.1, 0.15) is 5.56 Å². The Morgan fingerprint density at radius 2 is 2.11 bits per heavy atom. The van der Waals surface area contributed by atoms with Gasteiger partial charge in [-0.05, 0) is 29.5 Å². The van der Waals surface area contributed by atoms with Crippen LogP contribution in [0, 0.1) is 0 Å². The number of alkyl halides is 3. The third-order valence-electron chi connectivity index (χ3n) is 2.05. The van der Waals surface area contributed by atoms with Gasteiger partial charge in [0.2, 0.25) is 0 Å². The summed E-state index contributed by atoms with van der Waals surface area (Å²) in [6.07, 6.45) is 0. The smallest absolute Gasteiger partial charge is 0.359 e. The normalized spacial score (nSPS) is 12.4. The van der Waals surface area contributed by atoms with Crippen LogP contribution in [0.5, 0.6) is 0 Å². The van der Waals surface area contributed by atoms with Gasteiger partial charge in [0.1, 0.15) is 0 Å². The van der Waals surface area contributed by atoms with Gasteiger partial charge in [-0.15, -0.1) is 0 Å².